The van der Waals surface area contributed by atoms with Crippen LogP contribution in [0.1, 0.15) is 24.8 Å². The van der Waals surface area contributed by atoms with E-state index in [4.69, 9.17) is 5.73 Å². The van der Waals surface area contributed by atoms with Crippen molar-refractivity contribution in [1.82, 2.24) is 5.32 Å². The van der Waals surface area contributed by atoms with Crippen LogP contribution in [0.3, 0.4) is 0 Å². The molecule has 1 atom stereocenters. The molecule has 0 saturated carbocycles. The van der Waals surface area contributed by atoms with Gasteiger partial charge in [-0.25, -0.2) is 0 Å². The summed E-state index contributed by atoms with van der Waals surface area (Å²) in [6, 6.07) is 9.89. The van der Waals surface area contributed by atoms with E-state index in [-0.39, 0.29) is 5.91 Å². The van der Waals surface area contributed by atoms with Crippen LogP contribution in [0.25, 0.3) is 6.08 Å². The fourth-order valence-electron chi connectivity index (χ4n) is 1.99. The van der Waals surface area contributed by atoms with Gasteiger partial charge in [-0.1, -0.05) is 42.5 Å². The van der Waals surface area contributed by atoms with Crippen molar-refractivity contribution in [2.75, 3.05) is 6.54 Å². The third kappa shape index (κ3) is 2.94. The zero-order chi connectivity index (χ0) is 12.1. The van der Waals surface area contributed by atoms with Crippen molar-refractivity contribution in [3.63, 3.8) is 0 Å². The second-order valence-electron chi connectivity index (χ2n) is 4.50. The fraction of sp³-hybridized carbons (Fsp3) is 0.357. The van der Waals surface area contributed by atoms with E-state index in [1.807, 2.05) is 42.5 Å². The van der Waals surface area contributed by atoms with Gasteiger partial charge in [0.1, 0.15) is 5.54 Å². The summed E-state index contributed by atoms with van der Waals surface area (Å²) in [6.07, 6.45) is 6.44. The van der Waals surface area contributed by atoms with E-state index in [1.165, 1.54) is 0 Å². The van der Waals surface area contributed by atoms with Crippen molar-refractivity contribution in [3.05, 3.63) is 42.0 Å². The van der Waals surface area contributed by atoms with Gasteiger partial charge in [0.25, 0.3) is 0 Å². The lowest BCUT2D eigenvalue weighted by atomic mass is 9.93. The maximum absolute atomic E-state index is 11.9. The van der Waals surface area contributed by atoms with Crippen molar-refractivity contribution < 1.29 is 4.79 Å². The number of nitrogens with one attached hydrogen (secondary N) is 1. The fourth-order valence-corrected chi connectivity index (χ4v) is 1.99. The van der Waals surface area contributed by atoms with Gasteiger partial charge in [-0.2, -0.15) is 0 Å². The molecule has 0 spiro atoms. The van der Waals surface area contributed by atoms with E-state index in [1.54, 1.807) is 0 Å². The monoisotopic (exact) mass is 230 g/mol. The van der Waals surface area contributed by atoms with Gasteiger partial charge in [-0.15, -0.1) is 0 Å². The maximum Gasteiger partial charge on any atom is 0.244 e. The van der Waals surface area contributed by atoms with Crippen molar-refractivity contribution in [2.24, 2.45) is 5.73 Å². The minimum Gasteiger partial charge on any atom is -0.354 e. The highest BCUT2D eigenvalue weighted by Gasteiger charge is 2.31. The molecule has 1 unspecified atom stereocenters. The lowest BCUT2D eigenvalue weighted by Crippen LogP contribution is -2.51. The number of hydrogen-bond acceptors (Lipinski definition) is 2. The molecule has 3 N–H and O–H groups in total. The van der Waals surface area contributed by atoms with E-state index in [9.17, 15) is 4.79 Å². The van der Waals surface area contributed by atoms with E-state index in [0.717, 1.165) is 24.9 Å². The second kappa shape index (κ2) is 5.15. The van der Waals surface area contributed by atoms with Crippen LogP contribution in [0, 0.1) is 0 Å². The normalized spacial score (nSPS) is 25.6. The summed E-state index contributed by atoms with van der Waals surface area (Å²) in [6.45, 7) is 0.733. The highest BCUT2D eigenvalue weighted by molar-refractivity contribution is 5.89. The van der Waals surface area contributed by atoms with Crippen LogP contribution in [0.2, 0.25) is 0 Å². The second-order valence-corrected chi connectivity index (χ2v) is 4.50. The molecule has 3 nitrogen and oxygen atoms in total. The summed E-state index contributed by atoms with van der Waals surface area (Å²) in [5.41, 5.74) is 6.36. The Labute approximate surface area is 102 Å². The molecule has 1 heterocycles. The molecule has 0 bridgehead atoms. The van der Waals surface area contributed by atoms with E-state index >= 15 is 0 Å². The van der Waals surface area contributed by atoms with Gasteiger partial charge in [0.2, 0.25) is 5.91 Å². The number of carbonyl (C=O) groups excluding carboxylic acids is 1. The first-order chi connectivity index (χ1) is 8.21. The van der Waals surface area contributed by atoms with Crippen molar-refractivity contribution in [3.8, 4) is 0 Å². The topological polar surface area (TPSA) is 55.1 Å². The Morgan fingerprint density at radius 3 is 2.76 bits per heavy atom. The largest absolute Gasteiger partial charge is 0.354 e. The van der Waals surface area contributed by atoms with Crippen LogP contribution in [0.15, 0.2) is 36.4 Å². The van der Waals surface area contributed by atoms with Crippen LogP contribution >= 0.6 is 0 Å². The Balaban J connectivity index is 2.15. The molecule has 17 heavy (non-hydrogen) atoms. The van der Waals surface area contributed by atoms with Crippen LogP contribution in [-0.2, 0) is 4.79 Å². The standard InChI is InChI=1S/C14H18N2O/c15-14(9-4-5-11-16-13(14)17)10-8-12-6-2-1-3-7-12/h1-3,6-8,10H,4-5,9,11,15H2,(H,16,17). The molecule has 3 heteroatoms. The van der Waals surface area contributed by atoms with Crippen molar-refractivity contribution in [1.29, 1.82) is 0 Å². The van der Waals surface area contributed by atoms with E-state index in [2.05, 4.69) is 5.32 Å². The minimum absolute atomic E-state index is 0.0674. The average Bonchev–Trinajstić information content (AvgIpc) is 2.52. The zero-order valence-corrected chi connectivity index (χ0v) is 9.86. The maximum atomic E-state index is 11.9. The van der Waals surface area contributed by atoms with Gasteiger partial charge in [0, 0.05) is 6.54 Å². The number of nitrogens with two attached hydrogens (primary N) is 1. The first-order valence-corrected chi connectivity index (χ1v) is 6.02. The Bertz CT molecular complexity index is 413. The van der Waals surface area contributed by atoms with Gasteiger partial charge in [-0.05, 0) is 24.8 Å². The van der Waals surface area contributed by atoms with Crippen LogP contribution in [0.4, 0.5) is 0 Å². The number of hydrogen-bond donors (Lipinski definition) is 2. The zero-order valence-electron chi connectivity index (χ0n) is 9.86. The predicted molar refractivity (Wildman–Crippen MR) is 69.3 cm³/mol. The minimum atomic E-state index is -0.855. The van der Waals surface area contributed by atoms with Gasteiger partial charge < -0.3 is 11.1 Å². The molecule has 0 aromatic heterocycles. The molecule has 1 fully saturated rings. The van der Waals surface area contributed by atoms with Crippen LogP contribution in [-0.4, -0.2) is 18.0 Å². The first kappa shape index (κ1) is 11.9. The number of amides is 1. The third-order valence-corrected chi connectivity index (χ3v) is 3.10. The number of benzene rings is 1. The summed E-state index contributed by atoms with van der Waals surface area (Å²) in [4.78, 5) is 11.9. The Kier molecular flexibility index (Phi) is 3.59. The summed E-state index contributed by atoms with van der Waals surface area (Å²) in [7, 11) is 0. The molecule has 0 aliphatic carbocycles. The van der Waals surface area contributed by atoms with Crippen LogP contribution < -0.4 is 11.1 Å². The van der Waals surface area contributed by atoms with Gasteiger partial charge in [-0.3, -0.25) is 4.79 Å². The molecule has 1 aromatic carbocycles. The van der Waals surface area contributed by atoms with Crippen molar-refractivity contribution >= 4 is 12.0 Å². The van der Waals surface area contributed by atoms with E-state index in [0.29, 0.717) is 6.42 Å². The van der Waals surface area contributed by atoms with E-state index < -0.39 is 5.54 Å². The van der Waals surface area contributed by atoms with Gasteiger partial charge in [0.05, 0.1) is 0 Å². The average molecular weight is 230 g/mol. The van der Waals surface area contributed by atoms with Crippen LogP contribution in [0.5, 0.6) is 0 Å². The Hall–Kier alpha value is -1.61. The SMILES string of the molecule is NC1(C=Cc2ccccc2)CCCCNC1=O. The molecule has 0 radical (unpaired) electrons. The molecule has 1 aromatic rings. The number of carbonyl (C=O) groups is 1. The summed E-state index contributed by atoms with van der Waals surface area (Å²) >= 11 is 0. The Morgan fingerprint density at radius 1 is 1.24 bits per heavy atom. The number of rotatable bonds is 2. The van der Waals surface area contributed by atoms with Gasteiger partial charge >= 0.3 is 0 Å². The summed E-state index contributed by atoms with van der Waals surface area (Å²) < 4.78 is 0. The highest BCUT2D eigenvalue weighted by atomic mass is 16.2. The predicted octanol–water partition coefficient (Wildman–Crippen LogP) is 1.70. The molecule has 1 aliphatic rings. The highest BCUT2D eigenvalue weighted by Crippen LogP contribution is 2.18. The quantitative estimate of drug-likeness (QED) is 0.812. The third-order valence-electron chi connectivity index (χ3n) is 3.10. The smallest absolute Gasteiger partial charge is 0.244 e. The van der Waals surface area contributed by atoms with Crippen molar-refractivity contribution in [2.45, 2.75) is 24.8 Å². The Morgan fingerprint density at radius 2 is 2.00 bits per heavy atom. The summed E-state index contributed by atoms with van der Waals surface area (Å²) in [5.74, 6) is -0.0674. The molecule has 1 amide bonds. The molecular formula is C14H18N2O. The molecule has 2 rings (SSSR count). The molecule has 1 aliphatic heterocycles. The molecular weight excluding hydrogens is 212 g/mol. The first-order valence-electron chi connectivity index (χ1n) is 6.02. The molecule has 1 saturated heterocycles. The lowest BCUT2D eigenvalue weighted by Gasteiger charge is -2.21. The molecule has 90 valence electrons. The summed E-state index contributed by atoms with van der Waals surface area (Å²) in [5, 5.41) is 2.86. The van der Waals surface area contributed by atoms with Gasteiger partial charge in [0.15, 0.2) is 0 Å². The lowest BCUT2D eigenvalue weighted by molar-refractivity contribution is -0.124.